The third kappa shape index (κ3) is 3.28. The predicted octanol–water partition coefficient (Wildman–Crippen LogP) is 0.324. The van der Waals surface area contributed by atoms with E-state index in [9.17, 15) is 22.8 Å². The number of halogens is 4. The first kappa shape index (κ1) is 16.8. The Morgan fingerprint density at radius 3 is 2.70 bits per heavy atom. The van der Waals surface area contributed by atoms with Crippen LogP contribution < -0.4 is 21.4 Å². The maximum absolute atomic E-state index is 12.8. The van der Waals surface area contributed by atoms with Crippen molar-refractivity contribution < 1.29 is 13.2 Å². The molecule has 2 aromatic heterocycles. The van der Waals surface area contributed by atoms with Gasteiger partial charge in [-0.15, -0.1) is 0 Å². The van der Waals surface area contributed by atoms with E-state index >= 15 is 0 Å². The van der Waals surface area contributed by atoms with Crippen LogP contribution in [0.4, 0.5) is 13.2 Å². The fourth-order valence-corrected chi connectivity index (χ4v) is 1.92. The van der Waals surface area contributed by atoms with Gasteiger partial charge in [-0.1, -0.05) is 0 Å². The lowest BCUT2D eigenvalue weighted by Crippen LogP contribution is -2.45. The number of nitrogens with zero attached hydrogens (tertiary/aromatic N) is 4. The molecular formula is C11H10ClF3N6O2. The summed E-state index contributed by atoms with van der Waals surface area (Å²) < 4.78 is 39.0. The largest absolute Gasteiger partial charge is 0.432 e. The molecule has 0 saturated heterocycles. The molecule has 12 heteroatoms. The Morgan fingerprint density at radius 2 is 2.13 bits per heavy atom. The number of fused-ring (bicyclic) bond motifs is 1. The van der Waals surface area contributed by atoms with Crippen LogP contribution in [0.3, 0.4) is 0 Å². The number of allylic oxidation sites excluding steroid dienone is 1. The van der Waals surface area contributed by atoms with Gasteiger partial charge < -0.3 is 10.3 Å². The first-order chi connectivity index (χ1) is 10.6. The fraction of sp³-hybridized carbons (Fsp3) is 0.273. The molecule has 2 rings (SSSR count). The minimum Gasteiger partial charge on any atom is -0.383 e. The zero-order valence-electron chi connectivity index (χ0n) is 11.8. The Morgan fingerprint density at radius 1 is 1.48 bits per heavy atom. The second-order valence-corrected chi connectivity index (χ2v) is 4.65. The number of rotatable bonds is 3. The zero-order chi connectivity index (χ0) is 17.4. The van der Waals surface area contributed by atoms with Crippen LogP contribution in [0.15, 0.2) is 27.7 Å². The fourth-order valence-electron chi connectivity index (χ4n) is 1.79. The molecule has 0 fully saturated rings. The number of aromatic nitrogens is 4. The van der Waals surface area contributed by atoms with Crippen LogP contribution in [-0.2, 0) is 0 Å². The third-order valence-electron chi connectivity index (χ3n) is 2.78. The van der Waals surface area contributed by atoms with Crippen LogP contribution in [0, 0.1) is 0 Å². The first-order valence-corrected chi connectivity index (χ1v) is 6.40. The van der Waals surface area contributed by atoms with Crippen LogP contribution in [0.2, 0.25) is 5.28 Å². The summed E-state index contributed by atoms with van der Waals surface area (Å²) in [6.07, 6.45) is -2.92. The van der Waals surface area contributed by atoms with E-state index in [1.54, 1.807) is 0 Å². The lowest BCUT2D eigenvalue weighted by atomic mass is 10.4. The molecule has 2 aromatic rings. The number of H-pyrrole nitrogens is 1. The van der Waals surface area contributed by atoms with E-state index < -0.39 is 23.0 Å². The molecule has 0 aliphatic carbocycles. The van der Waals surface area contributed by atoms with Gasteiger partial charge in [0, 0.05) is 20.3 Å². The van der Waals surface area contributed by atoms with Gasteiger partial charge in [0.2, 0.25) is 5.28 Å². The molecule has 8 nitrogen and oxygen atoms in total. The topological polar surface area (TPSA) is 95.9 Å². The number of nitrogens with one attached hydrogen (secondary N) is 2. The van der Waals surface area contributed by atoms with Crippen molar-refractivity contribution in [2.75, 3.05) is 19.1 Å². The van der Waals surface area contributed by atoms with Gasteiger partial charge in [0.15, 0.2) is 5.65 Å². The molecule has 0 atom stereocenters. The van der Waals surface area contributed by atoms with E-state index in [0.29, 0.717) is 10.9 Å². The van der Waals surface area contributed by atoms with E-state index in [-0.39, 0.29) is 16.4 Å². The average molecular weight is 351 g/mol. The number of aromatic amines is 1. The van der Waals surface area contributed by atoms with Crippen LogP contribution >= 0.6 is 11.6 Å². The summed E-state index contributed by atoms with van der Waals surface area (Å²) in [5.74, 6) is 0. The third-order valence-corrected chi connectivity index (χ3v) is 2.96. The summed E-state index contributed by atoms with van der Waals surface area (Å²) in [6.45, 7) is 0. The number of hydrogen-bond acceptors (Lipinski definition) is 6. The highest BCUT2D eigenvalue weighted by Gasteiger charge is 2.33. The Bertz CT molecular complexity index is 888. The van der Waals surface area contributed by atoms with E-state index in [4.69, 9.17) is 11.6 Å². The second kappa shape index (κ2) is 5.91. The smallest absolute Gasteiger partial charge is 0.383 e. The van der Waals surface area contributed by atoms with Crippen molar-refractivity contribution in [3.63, 3.8) is 0 Å². The summed E-state index contributed by atoms with van der Waals surface area (Å²) in [5.41, 5.74) is -3.39. The summed E-state index contributed by atoms with van der Waals surface area (Å²) in [7, 11) is 2.23. The summed E-state index contributed by atoms with van der Waals surface area (Å²) in [4.78, 5) is 33.3. The molecule has 2 heterocycles. The van der Waals surface area contributed by atoms with Crippen LogP contribution in [0.25, 0.3) is 11.2 Å². The highest BCUT2D eigenvalue weighted by molar-refractivity contribution is 6.28. The molecule has 0 unspecified atom stereocenters. The van der Waals surface area contributed by atoms with Crippen molar-refractivity contribution in [1.29, 1.82) is 0 Å². The molecule has 23 heavy (non-hydrogen) atoms. The van der Waals surface area contributed by atoms with Gasteiger partial charge in [-0.05, 0) is 11.6 Å². The van der Waals surface area contributed by atoms with Crippen molar-refractivity contribution in [3.8, 4) is 0 Å². The standard InChI is InChI=1S/C11H10ClF3N6O2/c1-16-6(11(13,14)15)4-20(2)21-7-5(3-17-10(12)19-7)18-8(22)9(21)23/h3-4,16H,1-2H3,(H,18,22)/b6-4-. The molecule has 0 aliphatic rings. The molecule has 0 bridgehead atoms. The van der Waals surface area contributed by atoms with Crippen molar-refractivity contribution in [3.05, 3.63) is 44.1 Å². The van der Waals surface area contributed by atoms with Crippen LogP contribution in [0.1, 0.15) is 0 Å². The lowest BCUT2D eigenvalue weighted by molar-refractivity contribution is -0.0963. The number of alkyl halides is 3. The minimum absolute atomic E-state index is 0.0391. The monoisotopic (exact) mass is 350 g/mol. The molecule has 2 N–H and O–H groups in total. The molecule has 0 saturated carbocycles. The van der Waals surface area contributed by atoms with E-state index in [0.717, 1.165) is 25.3 Å². The molecule has 0 amide bonds. The summed E-state index contributed by atoms with van der Waals surface area (Å²) >= 11 is 5.64. The highest BCUT2D eigenvalue weighted by Crippen LogP contribution is 2.23. The molecule has 0 radical (unpaired) electrons. The average Bonchev–Trinajstić information content (AvgIpc) is 2.45. The molecule has 0 aliphatic heterocycles. The van der Waals surface area contributed by atoms with Crippen LogP contribution in [-0.4, -0.2) is 39.9 Å². The summed E-state index contributed by atoms with van der Waals surface area (Å²) in [5, 5.41) is 2.51. The van der Waals surface area contributed by atoms with Crippen molar-refractivity contribution in [2.24, 2.45) is 0 Å². The van der Waals surface area contributed by atoms with Crippen molar-refractivity contribution in [1.82, 2.24) is 24.9 Å². The molecular weight excluding hydrogens is 341 g/mol. The Hall–Kier alpha value is -2.56. The van der Waals surface area contributed by atoms with Gasteiger partial charge in [-0.25, -0.2) is 4.98 Å². The predicted molar refractivity (Wildman–Crippen MR) is 76.8 cm³/mol. The van der Waals surface area contributed by atoms with E-state index in [1.165, 1.54) is 0 Å². The Balaban J connectivity index is 2.74. The lowest BCUT2D eigenvalue weighted by Gasteiger charge is -2.21. The molecule has 0 spiro atoms. The molecule has 124 valence electrons. The maximum Gasteiger partial charge on any atom is 0.432 e. The van der Waals surface area contributed by atoms with Gasteiger partial charge in [-0.3, -0.25) is 14.6 Å². The van der Waals surface area contributed by atoms with E-state index in [2.05, 4.69) is 15.0 Å². The Labute approximate surface area is 131 Å². The van der Waals surface area contributed by atoms with Crippen molar-refractivity contribution in [2.45, 2.75) is 6.18 Å². The molecule has 0 aromatic carbocycles. The number of hydrogen-bond donors (Lipinski definition) is 2. The van der Waals surface area contributed by atoms with Crippen molar-refractivity contribution >= 4 is 22.8 Å². The van der Waals surface area contributed by atoms with Gasteiger partial charge in [0.05, 0.1) is 6.20 Å². The minimum atomic E-state index is -4.67. The second-order valence-electron chi connectivity index (χ2n) is 4.31. The Kier molecular flexibility index (Phi) is 4.32. The highest BCUT2D eigenvalue weighted by atomic mass is 35.5. The SMILES string of the molecule is CN/C(=C\N(C)n1c(=O)c(=O)[nH]c2cnc(Cl)nc21)C(F)(F)F. The van der Waals surface area contributed by atoms with Gasteiger partial charge >= 0.3 is 17.3 Å². The summed E-state index contributed by atoms with van der Waals surface area (Å²) in [6, 6.07) is 0. The van der Waals surface area contributed by atoms with Crippen LogP contribution in [0.5, 0.6) is 0 Å². The zero-order valence-corrected chi connectivity index (χ0v) is 12.5. The maximum atomic E-state index is 12.8. The van der Waals surface area contributed by atoms with E-state index in [1.807, 2.05) is 5.32 Å². The quantitative estimate of drug-likeness (QED) is 0.611. The first-order valence-electron chi connectivity index (χ1n) is 6.02. The van der Waals surface area contributed by atoms with Gasteiger partial charge in [0.1, 0.15) is 11.2 Å². The normalized spacial score (nSPS) is 12.5. The van der Waals surface area contributed by atoms with Gasteiger partial charge in [-0.2, -0.15) is 22.8 Å². The van der Waals surface area contributed by atoms with Gasteiger partial charge in [0.25, 0.3) is 0 Å².